The van der Waals surface area contributed by atoms with E-state index in [1.165, 1.54) is 0 Å². The molecule has 10 heteroatoms. The molecule has 0 spiro atoms. The smallest absolute Gasteiger partial charge is 0.231 e. The maximum Gasteiger partial charge on any atom is 0.231 e. The molecule has 1 fully saturated rings. The van der Waals surface area contributed by atoms with Crippen LogP contribution in [0.3, 0.4) is 0 Å². The van der Waals surface area contributed by atoms with Gasteiger partial charge in [-0.3, -0.25) is 0 Å². The SMILES string of the molecule is COc1cc2c(cc1C1=Cc3ccc(O[C@@H]4O[C@H](CO)[C@@H](O)[C@H](O)[C@H]4O)cc3OC1)OCO2. The van der Waals surface area contributed by atoms with Gasteiger partial charge in [0, 0.05) is 28.8 Å². The fourth-order valence-electron chi connectivity index (χ4n) is 4.01. The van der Waals surface area contributed by atoms with Crippen LogP contribution in [0, 0.1) is 0 Å². The Morgan fingerprint density at radius 1 is 0.939 bits per heavy atom. The molecule has 3 aliphatic rings. The summed E-state index contributed by atoms with van der Waals surface area (Å²) >= 11 is 0. The molecule has 176 valence electrons. The van der Waals surface area contributed by atoms with Gasteiger partial charge in [0.1, 0.15) is 48.3 Å². The highest BCUT2D eigenvalue weighted by Gasteiger charge is 2.44. The van der Waals surface area contributed by atoms with Crippen molar-refractivity contribution < 1.29 is 48.8 Å². The van der Waals surface area contributed by atoms with Gasteiger partial charge in [0.25, 0.3) is 0 Å². The summed E-state index contributed by atoms with van der Waals surface area (Å²) in [5.41, 5.74) is 2.52. The zero-order valence-corrected chi connectivity index (χ0v) is 17.7. The first kappa shape index (κ1) is 21.8. The quantitative estimate of drug-likeness (QED) is 0.500. The number of fused-ring (bicyclic) bond motifs is 2. The van der Waals surface area contributed by atoms with E-state index in [0.29, 0.717) is 28.7 Å². The molecule has 1 saturated heterocycles. The van der Waals surface area contributed by atoms with Crippen molar-refractivity contribution in [2.24, 2.45) is 0 Å². The first-order valence-electron chi connectivity index (χ1n) is 10.4. The molecule has 0 radical (unpaired) electrons. The second-order valence-corrected chi connectivity index (χ2v) is 7.88. The normalized spacial score (nSPS) is 27.9. The Bertz CT molecular complexity index is 1070. The second kappa shape index (κ2) is 8.73. The molecule has 0 amide bonds. The van der Waals surface area contributed by atoms with E-state index >= 15 is 0 Å². The van der Waals surface area contributed by atoms with Gasteiger partial charge in [-0.2, -0.15) is 0 Å². The first-order chi connectivity index (χ1) is 16.0. The van der Waals surface area contributed by atoms with Crippen LogP contribution in [0.4, 0.5) is 0 Å². The van der Waals surface area contributed by atoms with Crippen LogP contribution in [0.15, 0.2) is 30.3 Å². The van der Waals surface area contributed by atoms with Gasteiger partial charge in [0.2, 0.25) is 13.1 Å². The lowest BCUT2D eigenvalue weighted by molar-refractivity contribution is -0.277. The van der Waals surface area contributed by atoms with Crippen LogP contribution in [0.1, 0.15) is 11.1 Å². The number of ether oxygens (including phenoxy) is 6. The van der Waals surface area contributed by atoms with Gasteiger partial charge < -0.3 is 48.8 Å². The van der Waals surface area contributed by atoms with Gasteiger partial charge >= 0.3 is 0 Å². The van der Waals surface area contributed by atoms with Crippen molar-refractivity contribution in [3.63, 3.8) is 0 Å². The van der Waals surface area contributed by atoms with Gasteiger partial charge in [-0.25, -0.2) is 0 Å². The van der Waals surface area contributed by atoms with E-state index in [9.17, 15) is 20.4 Å². The maximum absolute atomic E-state index is 10.2. The van der Waals surface area contributed by atoms with Crippen LogP contribution >= 0.6 is 0 Å². The van der Waals surface area contributed by atoms with Gasteiger partial charge in [-0.1, -0.05) is 0 Å². The number of hydrogen-bond acceptors (Lipinski definition) is 10. The minimum atomic E-state index is -1.52. The molecule has 0 saturated carbocycles. The fourth-order valence-corrected chi connectivity index (χ4v) is 4.01. The molecule has 0 aromatic heterocycles. The van der Waals surface area contributed by atoms with E-state index in [1.807, 2.05) is 12.1 Å². The molecule has 5 atom stereocenters. The molecule has 10 nitrogen and oxygen atoms in total. The molecule has 0 unspecified atom stereocenters. The van der Waals surface area contributed by atoms with E-state index in [-0.39, 0.29) is 13.4 Å². The van der Waals surface area contributed by atoms with Crippen LogP contribution in [0.2, 0.25) is 0 Å². The van der Waals surface area contributed by atoms with Crippen molar-refractivity contribution in [1.82, 2.24) is 0 Å². The molecule has 5 rings (SSSR count). The zero-order valence-electron chi connectivity index (χ0n) is 17.7. The van der Waals surface area contributed by atoms with Crippen molar-refractivity contribution >= 4 is 11.6 Å². The second-order valence-electron chi connectivity index (χ2n) is 7.88. The predicted octanol–water partition coefficient (Wildman–Crippen LogP) is 0.536. The fraction of sp³-hybridized carbons (Fsp3) is 0.391. The summed E-state index contributed by atoms with van der Waals surface area (Å²) in [6.45, 7) is -0.0982. The summed E-state index contributed by atoms with van der Waals surface area (Å²) in [7, 11) is 1.59. The van der Waals surface area contributed by atoms with E-state index in [4.69, 9.17) is 28.4 Å². The molecule has 0 aliphatic carbocycles. The Morgan fingerprint density at radius 2 is 1.73 bits per heavy atom. The lowest BCUT2D eigenvalue weighted by Crippen LogP contribution is -2.60. The lowest BCUT2D eigenvalue weighted by atomic mass is 9.99. The van der Waals surface area contributed by atoms with Gasteiger partial charge in [0.05, 0.1) is 13.7 Å². The summed E-state index contributed by atoms with van der Waals surface area (Å²) in [4.78, 5) is 0. The van der Waals surface area contributed by atoms with Crippen LogP contribution < -0.4 is 23.7 Å². The third kappa shape index (κ3) is 3.96. The Kier molecular flexibility index (Phi) is 5.77. The van der Waals surface area contributed by atoms with Gasteiger partial charge in [-0.05, 0) is 24.3 Å². The number of aliphatic hydroxyl groups is 4. The van der Waals surface area contributed by atoms with Crippen molar-refractivity contribution in [2.75, 3.05) is 27.1 Å². The Balaban J connectivity index is 1.37. The molecule has 2 aromatic rings. The summed E-state index contributed by atoms with van der Waals surface area (Å²) in [6, 6.07) is 8.73. The van der Waals surface area contributed by atoms with E-state index < -0.39 is 37.3 Å². The third-order valence-electron chi connectivity index (χ3n) is 5.84. The highest BCUT2D eigenvalue weighted by atomic mass is 16.7. The van der Waals surface area contributed by atoms with Crippen molar-refractivity contribution in [2.45, 2.75) is 30.7 Å². The van der Waals surface area contributed by atoms with Gasteiger partial charge in [-0.15, -0.1) is 0 Å². The molecular formula is C23H24O10. The van der Waals surface area contributed by atoms with Crippen LogP contribution in [0.5, 0.6) is 28.7 Å². The summed E-state index contributed by atoms with van der Waals surface area (Å²) in [5.74, 6) is 2.79. The van der Waals surface area contributed by atoms with Crippen molar-refractivity contribution in [3.8, 4) is 28.7 Å². The predicted molar refractivity (Wildman–Crippen MR) is 113 cm³/mol. The number of aliphatic hydroxyl groups excluding tert-OH is 4. The number of hydrogen-bond donors (Lipinski definition) is 4. The van der Waals surface area contributed by atoms with E-state index in [2.05, 4.69) is 0 Å². The summed E-state index contributed by atoms with van der Waals surface area (Å²) < 4.78 is 33.4. The van der Waals surface area contributed by atoms with Gasteiger partial charge in [0.15, 0.2) is 11.5 Å². The average molecular weight is 460 g/mol. The third-order valence-corrected chi connectivity index (χ3v) is 5.84. The Morgan fingerprint density at radius 3 is 2.48 bits per heavy atom. The topological polar surface area (TPSA) is 136 Å². The highest BCUT2D eigenvalue weighted by molar-refractivity contribution is 5.88. The van der Waals surface area contributed by atoms with Crippen molar-refractivity contribution in [3.05, 3.63) is 41.5 Å². The zero-order chi connectivity index (χ0) is 23.1. The maximum atomic E-state index is 10.2. The summed E-state index contributed by atoms with van der Waals surface area (Å²) in [6.07, 6.45) is -4.82. The molecule has 3 heterocycles. The highest BCUT2D eigenvalue weighted by Crippen LogP contribution is 2.43. The summed E-state index contributed by atoms with van der Waals surface area (Å²) in [5, 5.41) is 39.4. The Labute approximate surface area is 189 Å². The molecule has 2 aromatic carbocycles. The molecule has 4 N–H and O–H groups in total. The number of rotatable bonds is 5. The minimum Gasteiger partial charge on any atom is -0.496 e. The standard InChI is InChI=1S/C23H24O10/c1-28-16-7-18-17(30-10-31-18)6-14(16)12-4-11-2-3-13(5-15(11)29-9-12)32-23-22(27)21(26)20(25)19(8-24)33-23/h2-7,19-27H,8-10H2,1H3/t19-,20-,21+,22-,23-/m1/s1. The number of benzene rings is 2. The van der Waals surface area contributed by atoms with E-state index in [1.54, 1.807) is 31.4 Å². The van der Waals surface area contributed by atoms with Crippen LogP contribution in [-0.2, 0) is 4.74 Å². The number of methoxy groups -OCH3 is 1. The van der Waals surface area contributed by atoms with E-state index in [0.717, 1.165) is 16.7 Å². The Hall–Kier alpha value is -3.02. The first-order valence-corrected chi connectivity index (χ1v) is 10.4. The lowest BCUT2D eigenvalue weighted by Gasteiger charge is -2.39. The minimum absolute atomic E-state index is 0.164. The molecule has 3 aliphatic heterocycles. The van der Waals surface area contributed by atoms with Crippen LogP contribution in [-0.4, -0.2) is 78.2 Å². The van der Waals surface area contributed by atoms with Crippen LogP contribution in [0.25, 0.3) is 11.6 Å². The average Bonchev–Trinajstić information content (AvgIpc) is 3.30. The molecule has 33 heavy (non-hydrogen) atoms. The van der Waals surface area contributed by atoms with Crippen molar-refractivity contribution in [1.29, 1.82) is 0 Å². The molecule has 0 bridgehead atoms. The molecular weight excluding hydrogens is 436 g/mol. The monoisotopic (exact) mass is 460 g/mol. The largest absolute Gasteiger partial charge is 0.496 e.